The summed E-state index contributed by atoms with van der Waals surface area (Å²) in [5, 5.41) is 0.394. The van der Waals surface area contributed by atoms with Gasteiger partial charge >= 0.3 is 5.97 Å². The maximum absolute atomic E-state index is 11.6. The van der Waals surface area contributed by atoms with Gasteiger partial charge in [-0.1, -0.05) is 11.6 Å². The topological polar surface area (TPSA) is 44.1 Å². The molecule has 0 radical (unpaired) electrons. The molecule has 88 valence electrons. The largest absolute Gasteiger partial charge is 0.464 e. The van der Waals surface area contributed by atoms with Crippen molar-refractivity contribution >= 4 is 17.6 Å². The van der Waals surface area contributed by atoms with Gasteiger partial charge in [-0.2, -0.15) is 0 Å². The summed E-state index contributed by atoms with van der Waals surface area (Å²) < 4.78 is 6.45. The Balaban J connectivity index is 2.31. The quantitative estimate of drug-likeness (QED) is 0.786. The van der Waals surface area contributed by atoms with E-state index in [-0.39, 0.29) is 0 Å². The SMILES string of the molecule is COC(=O)c1c(Cl)ccn1Cc1ccncc1. The van der Waals surface area contributed by atoms with Gasteiger partial charge in [-0.3, -0.25) is 4.98 Å². The minimum atomic E-state index is -0.436. The second-order valence-corrected chi connectivity index (χ2v) is 3.89. The van der Waals surface area contributed by atoms with E-state index in [4.69, 9.17) is 16.3 Å². The van der Waals surface area contributed by atoms with Crippen LogP contribution in [-0.2, 0) is 11.3 Å². The molecule has 0 N–H and O–H groups in total. The zero-order chi connectivity index (χ0) is 12.3. The highest BCUT2D eigenvalue weighted by Gasteiger charge is 2.16. The van der Waals surface area contributed by atoms with E-state index in [0.717, 1.165) is 5.56 Å². The molecule has 2 heterocycles. The first kappa shape index (κ1) is 11.7. The Labute approximate surface area is 104 Å². The van der Waals surface area contributed by atoms with Crippen LogP contribution in [-0.4, -0.2) is 22.6 Å². The lowest BCUT2D eigenvalue weighted by Gasteiger charge is -2.07. The molecule has 0 fully saturated rings. The third kappa shape index (κ3) is 2.47. The van der Waals surface area contributed by atoms with Gasteiger partial charge in [0.25, 0.3) is 0 Å². The van der Waals surface area contributed by atoms with Gasteiger partial charge in [0.05, 0.1) is 12.1 Å². The van der Waals surface area contributed by atoms with E-state index >= 15 is 0 Å². The van der Waals surface area contributed by atoms with Gasteiger partial charge in [0, 0.05) is 25.1 Å². The van der Waals surface area contributed by atoms with Crippen molar-refractivity contribution in [2.75, 3.05) is 7.11 Å². The maximum atomic E-state index is 11.6. The van der Waals surface area contributed by atoms with Crippen molar-refractivity contribution in [3.05, 3.63) is 53.1 Å². The summed E-state index contributed by atoms with van der Waals surface area (Å²) in [5.74, 6) is -0.436. The minimum Gasteiger partial charge on any atom is -0.464 e. The fourth-order valence-corrected chi connectivity index (χ4v) is 1.82. The highest BCUT2D eigenvalue weighted by Crippen LogP contribution is 2.19. The third-order valence-electron chi connectivity index (χ3n) is 2.40. The number of methoxy groups -OCH3 is 1. The number of carbonyl (C=O) groups excluding carboxylic acids is 1. The third-order valence-corrected chi connectivity index (χ3v) is 2.70. The van der Waals surface area contributed by atoms with Gasteiger partial charge in [-0.05, 0) is 23.8 Å². The van der Waals surface area contributed by atoms with E-state index in [1.54, 1.807) is 29.2 Å². The number of aromatic nitrogens is 2. The Morgan fingerprint density at radius 2 is 2.12 bits per heavy atom. The molecule has 0 aliphatic carbocycles. The van der Waals surface area contributed by atoms with E-state index in [0.29, 0.717) is 17.3 Å². The molecule has 0 saturated carbocycles. The van der Waals surface area contributed by atoms with E-state index in [2.05, 4.69) is 4.98 Å². The fourth-order valence-electron chi connectivity index (χ4n) is 1.57. The molecule has 5 heteroatoms. The second-order valence-electron chi connectivity index (χ2n) is 3.49. The number of pyridine rings is 1. The fraction of sp³-hybridized carbons (Fsp3) is 0.167. The lowest BCUT2D eigenvalue weighted by molar-refractivity contribution is 0.0589. The lowest BCUT2D eigenvalue weighted by Crippen LogP contribution is -2.11. The van der Waals surface area contributed by atoms with Gasteiger partial charge in [-0.25, -0.2) is 4.79 Å². The highest BCUT2D eigenvalue weighted by atomic mass is 35.5. The molecule has 2 rings (SSSR count). The molecule has 0 amide bonds. The number of rotatable bonds is 3. The Bertz CT molecular complexity index is 523. The normalized spacial score (nSPS) is 10.2. The number of nitrogens with zero attached hydrogens (tertiary/aromatic N) is 2. The summed E-state index contributed by atoms with van der Waals surface area (Å²) >= 11 is 5.95. The van der Waals surface area contributed by atoms with Gasteiger partial charge in [0.2, 0.25) is 0 Å². The van der Waals surface area contributed by atoms with E-state index in [1.165, 1.54) is 7.11 Å². The smallest absolute Gasteiger partial charge is 0.356 e. The number of ether oxygens (including phenoxy) is 1. The van der Waals surface area contributed by atoms with Crippen LogP contribution < -0.4 is 0 Å². The molecule has 2 aromatic heterocycles. The highest BCUT2D eigenvalue weighted by molar-refractivity contribution is 6.33. The van der Waals surface area contributed by atoms with Crippen LogP contribution in [0.25, 0.3) is 0 Å². The summed E-state index contributed by atoms with van der Waals surface area (Å²) in [7, 11) is 1.34. The zero-order valence-corrected chi connectivity index (χ0v) is 10.0. The average Bonchev–Trinajstić information content (AvgIpc) is 2.71. The molecule has 0 spiro atoms. The van der Waals surface area contributed by atoms with Crippen LogP contribution in [0.2, 0.25) is 5.02 Å². The van der Waals surface area contributed by atoms with Crippen molar-refractivity contribution in [1.82, 2.24) is 9.55 Å². The van der Waals surface area contributed by atoms with Crippen LogP contribution in [0.1, 0.15) is 16.1 Å². The first-order valence-corrected chi connectivity index (χ1v) is 5.42. The molecule has 0 bridgehead atoms. The Hall–Kier alpha value is -1.81. The van der Waals surface area contributed by atoms with Crippen LogP contribution in [0.5, 0.6) is 0 Å². The predicted molar refractivity (Wildman–Crippen MR) is 64.1 cm³/mol. The first-order chi connectivity index (χ1) is 8.22. The van der Waals surface area contributed by atoms with Crippen molar-refractivity contribution in [3.8, 4) is 0 Å². The molecule has 2 aromatic rings. The summed E-state index contributed by atoms with van der Waals surface area (Å²) in [5.41, 5.74) is 1.41. The van der Waals surface area contributed by atoms with Crippen molar-refractivity contribution in [2.24, 2.45) is 0 Å². The molecule has 4 nitrogen and oxygen atoms in total. The molecule has 17 heavy (non-hydrogen) atoms. The molecule has 0 unspecified atom stereocenters. The molecular weight excluding hydrogens is 240 g/mol. The summed E-state index contributed by atoms with van der Waals surface area (Å²) in [6, 6.07) is 5.44. The standard InChI is InChI=1S/C12H11ClN2O2/c1-17-12(16)11-10(13)4-7-15(11)8-9-2-5-14-6-3-9/h2-7H,8H2,1H3. The molecule has 0 aromatic carbocycles. The summed E-state index contributed by atoms with van der Waals surface area (Å²) in [6.07, 6.45) is 5.17. The second kappa shape index (κ2) is 5.01. The van der Waals surface area contributed by atoms with E-state index < -0.39 is 5.97 Å². The maximum Gasteiger partial charge on any atom is 0.356 e. The van der Waals surface area contributed by atoms with Crippen LogP contribution in [0.4, 0.5) is 0 Å². The predicted octanol–water partition coefficient (Wildman–Crippen LogP) is 2.37. The lowest BCUT2D eigenvalue weighted by atomic mass is 10.2. The first-order valence-electron chi connectivity index (χ1n) is 5.04. The van der Waals surface area contributed by atoms with Gasteiger partial charge < -0.3 is 9.30 Å². The minimum absolute atomic E-state index is 0.367. The molecule has 0 aliphatic heterocycles. The number of hydrogen-bond acceptors (Lipinski definition) is 3. The molecule has 0 atom stereocenters. The number of esters is 1. The van der Waals surface area contributed by atoms with Crippen molar-refractivity contribution < 1.29 is 9.53 Å². The summed E-state index contributed by atoms with van der Waals surface area (Å²) in [4.78, 5) is 15.5. The Morgan fingerprint density at radius 3 is 2.76 bits per heavy atom. The average molecular weight is 251 g/mol. The molecular formula is C12H11ClN2O2. The Morgan fingerprint density at radius 1 is 1.41 bits per heavy atom. The van der Waals surface area contributed by atoms with E-state index in [1.807, 2.05) is 12.1 Å². The zero-order valence-electron chi connectivity index (χ0n) is 9.26. The van der Waals surface area contributed by atoms with Gasteiger partial charge in [0.1, 0.15) is 5.69 Å². The molecule has 0 saturated heterocycles. The number of hydrogen-bond donors (Lipinski definition) is 0. The Kier molecular flexibility index (Phi) is 3.44. The van der Waals surface area contributed by atoms with Crippen LogP contribution in [0.15, 0.2) is 36.8 Å². The van der Waals surface area contributed by atoms with Gasteiger partial charge in [-0.15, -0.1) is 0 Å². The van der Waals surface area contributed by atoms with Crippen LogP contribution in [0.3, 0.4) is 0 Å². The van der Waals surface area contributed by atoms with Crippen LogP contribution in [0, 0.1) is 0 Å². The monoisotopic (exact) mass is 250 g/mol. The summed E-state index contributed by atoms with van der Waals surface area (Å²) in [6.45, 7) is 0.555. The van der Waals surface area contributed by atoms with Crippen molar-refractivity contribution in [3.63, 3.8) is 0 Å². The van der Waals surface area contributed by atoms with Gasteiger partial charge in [0.15, 0.2) is 0 Å². The number of carbonyl (C=O) groups is 1. The molecule has 0 aliphatic rings. The van der Waals surface area contributed by atoms with E-state index in [9.17, 15) is 4.79 Å². The van der Waals surface area contributed by atoms with Crippen LogP contribution >= 0.6 is 11.6 Å². The van der Waals surface area contributed by atoms with Crippen molar-refractivity contribution in [2.45, 2.75) is 6.54 Å². The van der Waals surface area contributed by atoms with Crippen molar-refractivity contribution in [1.29, 1.82) is 0 Å². The number of halogens is 1.